The Bertz CT molecular complexity index is 741. The van der Waals surface area contributed by atoms with E-state index in [2.05, 4.69) is 5.32 Å². The molecule has 8 heteroatoms. The monoisotopic (exact) mass is 331 g/mol. The molecule has 2 rings (SSSR count). The summed E-state index contributed by atoms with van der Waals surface area (Å²) in [5.41, 5.74) is 0.589. The number of hydrogen-bond donors (Lipinski definition) is 1. The largest absolute Gasteiger partial charge is 0.334 e. The number of nitrogens with one attached hydrogen (secondary N) is 1. The molecule has 0 aliphatic carbocycles. The lowest BCUT2D eigenvalue weighted by Crippen LogP contribution is -2.40. The minimum absolute atomic E-state index is 0.236. The summed E-state index contributed by atoms with van der Waals surface area (Å²) in [6.07, 6.45) is 0. The van der Waals surface area contributed by atoms with Gasteiger partial charge in [0.25, 0.3) is 0 Å². The van der Waals surface area contributed by atoms with Crippen molar-refractivity contribution >= 4 is 35.2 Å². The molecule has 1 fully saturated rings. The predicted octanol–water partition coefficient (Wildman–Crippen LogP) is 1.03. The number of hydrogen-bond acceptors (Lipinski definition) is 5. The van der Waals surface area contributed by atoms with Gasteiger partial charge in [-0.3, -0.25) is 24.1 Å². The molecule has 126 valence electrons. The standard InChI is InChI=1S/C16H17N3O5/c1-9(2)19-15(23)14(22)18(16(19)24)8-13(21)17-12-7-5-4-6-11(12)10(3)20/h4-7,9H,8H2,1-3H3,(H,17,21). The van der Waals surface area contributed by atoms with E-state index in [1.807, 2.05) is 0 Å². The molecule has 0 saturated carbocycles. The van der Waals surface area contributed by atoms with Crippen LogP contribution in [0.2, 0.25) is 0 Å². The summed E-state index contributed by atoms with van der Waals surface area (Å²) in [4.78, 5) is 60.8. The average Bonchev–Trinajstić information content (AvgIpc) is 2.71. The Balaban J connectivity index is 2.14. The number of anilines is 1. The Morgan fingerprint density at radius 3 is 2.25 bits per heavy atom. The lowest BCUT2D eigenvalue weighted by molar-refractivity contribution is -0.144. The van der Waals surface area contributed by atoms with Crippen LogP contribution in [0.1, 0.15) is 31.1 Å². The van der Waals surface area contributed by atoms with Gasteiger partial charge in [0.15, 0.2) is 5.78 Å². The van der Waals surface area contributed by atoms with E-state index in [0.717, 1.165) is 4.90 Å². The van der Waals surface area contributed by atoms with Gasteiger partial charge in [0.2, 0.25) is 5.91 Å². The molecule has 1 N–H and O–H groups in total. The quantitative estimate of drug-likeness (QED) is 0.493. The molecule has 1 aliphatic heterocycles. The number of nitrogens with zero attached hydrogens (tertiary/aromatic N) is 2. The third kappa shape index (κ3) is 3.17. The zero-order valence-electron chi connectivity index (χ0n) is 13.5. The highest BCUT2D eigenvalue weighted by atomic mass is 16.2. The number of para-hydroxylation sites is 1. The van der Waals surface area contributed by atoms with Gasteiger partial charge >= 0.3 is 17.8 Å². The van der Waals surface area contributed by atoms with Gasteiger partial charge in [0, 0.05) is 11.6 Å². The molecule has 1 aromatic rings. The van der Waals surface area contributed by atoms with Crippen LogP contribution in [0.4, 0.5) is 10.5 Å². The molecule has 0 bridgehead atoms. The second-order valence-electron chi connectivity index (χ2n) is 5.59. The van der Waals surface area contributed by atoms with Gasteiger partial charge in [0.1, 0.15) is 6.54 Å². The topological polar surface area (TPSA) is 104 Å². The van der Waals surface area contributed by atoms with Gasteiger partial charge in [-0.15, -0.1) is 0 Å². The van der Waals surface area contributed by atoms with E-state index in [4.69, 9.17) is 0 Å². The number of Topliss-reactive ketones (excluding diaryl/α,β-unsaturated/α-hetero) is 1. The molecule has 0 aromatic heterocycles. The molecule has 0 spiro atoms. The van der Waals surface area contributed by atoms with Gasteiger partial charge in [-0.1, -0.05) is 12.1 Å². The normalized spacial score (nSPS) is 14.6. The molecule has 0 radical (unpaired) electrons. The van der Waals surface area contributed by atoms with Crippen LogP contribution in [-0.2, 0) is 14.4 Å². The highest BCUT2D eigenvalue weighted by Gasteiger charge is 2.46. The number of carbonyl (C=O) groups excluding carboxylic acids is 5. The summed E-state index contributed by atoms with van der Waals surface area (Å²) >= 11 is 0. The maximum atomic E-state index is 12.1. The zero-order chi connectivity index (χ0) is 18.0. The van der Waals surface area contributed by atoms with E-state index in [9.17, 15) is 24.0 Å². The highest BCUT2D eigenvalue weighted by molar-refractivity contribution is 6.45. The van der Waals surface area contributed by atoms with Crippen LogP contribution >= 0.6 is 0 Å². The Labute approximate surface area is 138 Å². The van der Waals surface area contributed by atoms with Crippen LogP contribution in [0.25, 0.3) is 0 Å². The van der Waals surface area contributed by atoms with Crippen molar-refractivity contribution in [3.05, 3.63) is 29.8 Å². The number of amides is 5. The van der Waals surface area contributed by atoms with Gasteiger partial charge in [-0.2, -0.15) is 0 Å². The van der Waals surface area contributed by atoms with Crippen LogP contribution in [-0.4, -0.2) is 51.9 Å². The summed E-state index contributed by atoms with van der Waals surface area (Å²) < 4.78 is 0. The molecular weight excluding hydrogens is 314 g/mol. The van der Waals surface area contributed by atoms with Crippen LogP contribution in [0.5, 0.6) is 0 Å². The minimum atomic E-state index is -1.04. The number of urea groups is 1. The Morgan fingerprint density at radius 1 is 1.08 bits per heavy atom. The molecule has 8 nitrogen and oxygen atoms in total. The molecular formula is C16H17N3O5. The van der Waals surface area contributed by atoms with E-state index >= 15 is 0 Å². The van der Waals surface area contributed by atoms with E-state index in [-0.39, 0.29) is 11.5 Å². The van der Waals surface area contributed by atoms with Gasteiger partial charge in [-0.25, -0.2) is 9.69 Å². The van der Waals surface area contributed by atoms with Crippen molar-refractivity contribution in [1.82, 2.24) is 9.80 Å². The molecule has 0 unspecified atom stereocenters. The minimum Gasteiger partial charge on any atom is -0.324 e. The maximum Gasteiger partial charge on any atom is 0.334 e. The molecule has 1 heterocycles. The van der Waals surface area contributed by atoms with Crippen LogP contribution in [0.15, 0.2) is 24.3 Å². The third-order valence-electron chi connectivity index (χ3n) is 3.48. The maximum absolute atomic E-state index is 12.1. The van der Waals surface area contributed by atoms with Gasteiger partial charge < -0.3 is 5.32 Å². The Kier molecular flexibility index (Phi) is 4.77. The molecule has 5 amide bonds. The van der Waals surface area contributed by atoms with Crippen molar-refractivity contribution in [3.8, 4) is 0 Å². The Morgan fingerprint density at radius 2 is 1.71 bits per heavy atom. The second kappa shape index (κ2) is 6.61. The molecule has 1 aliphatic rings. The molecule has 24 heavy (non-hydrogen) atoms. The van der Waals surface area contributed by atoms with E-state index in [0.29, 0.717) is 10.5 Å². The van der Waals surface area contributed by atoms with Crippen molar-refractivity contribution in [3.63, 3.8) is 0 Å². The first-order valence-corrected chi connectivity index (χ1v) is 7.33. The van der Waals surface area contributed by atoms with E-state index in [1.54, 1.807) is 32.0 Å². The summed E-state index contributed by atoms with van der Waals surface area (Å²) in [6.45, 7) is 3.95. The van der Waals surface area contributed by atoms with Gasteiger partial charge in [-0.05, 0) is 32.9 Å². The first-order valence-electron chi connectivity index (χ1n) is 7.33. The predicted molar refractivity (Wildman–Crippen MR) is 84.2 cm³/mol. The average molecular weight is 331 g/mol. The summed E-state index contributed by atoms with van der Waals surface area (Å²) in [7, 11) is 0. The first kappa shape index (κ1) is 17.3. The molecule has 1 aromatic carbocycles. The van der Waals surface area contributed by atoms with Crippen molar-refractivity contribution in [2.75, 3.05) is 11.9 Å². The fourth-order valence-corrected chi connectivity index (χ4v) is 2.35. The van der Waals surface area contributed by atoms with Crippen molar-refractivity contribution in [2.45, 2.75) is 26.8 Å². The lowest BCUT2D eigenvalue weighted by Gasteiger charge is -2.18. The van der Waals surface area contributed by atoms with Crippen LogP contribution in [0.3, 0.4) is 0 Å². The number of ketones is 1. The van der Waals surface area contributed by atoms with E-state index in [1.165, 1.54) is 13.0 Å². The summed E-state index contributed by atoms with van der Waals surface area (Å²) in [6, 6.07) is 5.06. The number of benzene rings is 1. The number of rotatable bonds is 5. The van der Waals surface area contributed by atoms with Crippen molar-refractivity contribution in [1.29, 1.82) is 0 Å². The molecule has 1 saturated heterocycles. The van der Waals surface area contributed by atoms with Gasteiger partial charge in [0.05, 0.1) is 5.69 Å². The first-order chi connectivity index (χ1) is 11.2. The lowest BCUT2D eigenvalue weighted by atomic mass is 10.1. The highest BCUT2D eigenvalue weighted by Crippen LogP contribution is 2.17. The van der Waals surface area contributed by atoms with Crippen molar-refractivity contribution < 1.29 is 24.0 Å². The van der Waals surface area contributed by atoms with E-state index < -0.39 is 36.3 Å². The third-order valence-corrected chi connectivity index (χ3v) is 3.48. The fraction of sp³-hybridized carbons (Fsp3) is 0.312. The second-order valence-corrected chi connectivity index (χ2v) is 5.59. The smallest absolute Gasteiger partial charge is 0.324 e. The molecule has 0 atom stereocenters. The zero-order valence-corrected chi connectivity index (χ0v) is 13.5. The number of carbonyl (C=O) groups is 5. The fourth-order valence-electron chi connectivity index (χ4n) is 2.35. The summed E-state index contributed by atoms with van der Waals surface area (Å²) in [5.74, 6) is -2.90. The number of imide groups is 2. The SMILES string of the molecule is CC(=O)c1ccccc1NC(=O)CN1C(=O)C(=O)N(C(C)C)C1=O. The van der Waals surface area contributed by atoms with Crippen molar-refractivity contribution in [2.24, 2.45) is 0 Å². The van der Waals surface area contributed by atoms with Crippen LogP contribution < -0.4 is 5.32 Å². The Hall–Kier alpha value is -3.03. The van der Waals surface area contributed by atoms with Crippen LogP contribution in [0, 0.1) is 0 Å². The summed E-state index contributed by atoms with van der Waals surface area (Å²) in [5, 5.41) is 2.48.